The van der Waals surface area contributed by atoms with Crippen molar-refractivity contribution in [3.05, 3.63) is 35.9 Å². The molecule has 0 saturated heterocycles. The minimum atomic E-state index is -3.79. The van der Waals surface area contributed by atoms with Gasteiger partial charge in [-0.2, -0.15) is 0 Å². The molecule has 35 heavy (non-hydrogen) atoms. The molecule has 0 aliphatic carbocycles. The number of amides is 2. The molecule has 0 saturated carbocycles. The summed E-state index contributed by atoms with van der Waals surface area (Å²) in [6, 6.07) is 4.17. The van der Waals surface area contributed by atoms with E-state index in [-0.39, 0.29) is 34.9 Å². The smallest absolute Gasteiger partial charge is 0.257 e. The molecule has 1 heterocycles. The van der Waals surface area contributed by atoms with Crippen LogP contribution in [-0.4, -0.2) is 94.9 Å². The van der Waals surface area contributed by atoms with Gasteiger partial charge in [-0.15, -0.1) is 0 Å². The molecule has 9 nitrogen and oxygen atoms in total. The summed E-state index contributed by atoms with van der Waals surface area (Å²) in [6.07, 6.45) is 5.12. The Balaban J connectivity index is 2.39. The molecule has 2 amide bonds. The number of likely N-dealkylation sites (N-methyl/N-ethyl adjacent to an activating group) is 1. The average molecular weight is 509 g/mol. The molecule has 196 valence electrons. The lowest BCUT2D eigenvalue weighted by atomic mass is 10.0. The molecule has 0 spiro atoms. The normalized spacial score (nSPS) is 18.6. The first-order valence-corrected chi connectivity index (χ1v) is 13.5. The Labute approximate surface area is 210 Å². The average Bonchev–Trinajstić information content (AvgIpc) is 2.77. The number of fused-ring (bicyclic) bond motifs is 1. The van der Waals surface area contributed by atoms with Crippen molar-refractivity contribution in [3.63, 3.8) is 0 Å². The highest BCUT2D eigenvalue weighted by molar-refractivity contribution is 7.89. The van der Waals surface area contributed by atoms with Crippen LogP contribution in [0.5, 0.6) is 5.75 Å². The number of hydrogen-bond acceptors (Lipinski definition) is 6. The highest BCUT2D eigenvalue weighted by Gasteiger charge is 2.26. The highest BCUT2D eigenvalue weighted by Crippen LogP contribution is 2.26. The number of carbonyl (C=O) groups excluding carboxylic acids is 2. The Kier molecular flexibility index (Phi) is 10.7. The first kappa shape index (κ1) is 28.8. The number of nitrogens with zero attached hydrogens (tertiary/aromatic N) is 3. The van der Waals surface area contributed by atoms with Crippen molar-refractivity contribution in [2.24, 2.45) is 5.92 Å². The molecular formula is C25H40N4O5S. The predicted molar refractivity (Wildman–Crippen MR) is 137 cm³/mol. The van der Waals surface area contributed by atoms with E-state index in [2.05, 4.69) is 18.6 Å². The van der Waals surface area contributed by atoms with Crippen molar-refractivity contribution in [2.45, 2.75) is 44.6 Å². The van der Waals surface area contributed by atoms with Crippen LogP contribution in [0.3, 0.4) is 0 Å². The van der Waals surface area contributed by atoms with E-state index < -0.39 is 10.0 Å². The maximum atomic E-state index is 13.2. The van der Waals surface area contributed by atoms with Gasteiger partial charge in [0.15, 0.2) is 0 Å². The summed E-state index contributed by atoms with van der Waals surface area (Å²) < 4.78 is 34.4. The summed E-state index contributed by atoms with van der Waals surface area (Å²) in [4.78, 5) is 30.9. The molecule has 2 rings (SSSR count). The largest absolute Gasteiger partial charge is 0.491 e. The van der Waals surface area contributed by atoms with E-state index in [1.165, 1.54) is 23.1 Å². The van der Waals surface area contributed by atoms with E-state index in [4.69, 9.17) is 4.74 Å². The number of carbonyl (C=O) groups is 2. The third-order valence-electron chi connectivity index (χ3n) is 5.78. The van der Waals surface area contributed by atoms with Crippen LogP contribution in [0, 0.1) is 5.92 Å². The molecule has 0 aromatic heterocycles. The Morgan fingerprint density at radius 1 is 1.23 bits per heavy atom. The fourth-order valence-corrected chi connectivity index (χ4v) is 5.01. The molecule has 1 aromatic rings. The molecule has 0 bridgehead atoms. The fraction of sp³-hybridized carbons (Fsp3) is 0.600. The van der Waals surface area contributed by atoms with Crippen LogP contribution in [0.2, 0.25) is 0 Å². The topological polar surface area (TPSA) is 99.3 Å². The zero-order valence-electron chi connectivity index (χ0n) is 21.8. The van der Waals surface area contributed by atoms with Crippen LogP contribution in [-0.2, 0) is 14.8 Å². The lowest BCUT2D eigenvalue weighted by molar-refractivity contribution is -0.131. The van der Waals surface area contributed by atoms with Crippen LogP contribution in [0.1, 0.15) is 44.0 Å². The van der Waals surface area contributed by atoms with Crippen LogP contribution in [0.15, 0.2) is 35.2 Å². The molecule has 0 fully saturated rings. The first-order chi connectivity index (χ1) is 16.4. The monoisotopic (exact) mass is 508 g/mol. The van der Waals surface area contributed by atoms with Crippen LogP contribution < -0.4 is 9.46 Å². The molecule has 0 radical (unpaired) electrons. The molecule has 0 unspecified atom stereocenters. The second kappa shape index (κ2) is 13.0. The van der Waals surface area contributed by atoms with E-state index in [1.807, 2.05) is 31.1 Å². The second-order valence-electron chi connectivity index (χ2n) is 9.64. The Bertz CT molecular complexity index is 1010. The van der Waals surface area contributed by atoms with Crippen molar-refractivity contribution >= 4 is 21.8 Å². The van der Waals surface area contributed by atoms with Crippen LogP contribution in [0.4, 0.5) is 0 Å². The number of ether oxygens (including phenoxy) is 1. The zero-order chi connectivity index (χ0) is 26.2. The van der Waals surface area contributed by atoms with Gasteiger partial charge in [-0.05, 0) is 57.6 Å². The molecule has 1 N–H and O–H groups in total. The zero-order valence-corrected chi connectivity index (χ0v) is 22.6. The van der Waals surface area contributed by atoms with E-state index >= 15 is 0 Å². The Morgan fingerprint density at radius 3 is 2.54 bits per heavy atom. The Morgan fingerprint density at radius 2 is 1.91 bits per heavy atom. The van der Waals surface area contributed by atoms with Gasteiger partial charge in [0, 0.05) is 33.6 Å². The van der Waals surface area contributed by atoms with Gasteiger partial charge in [0.05, 0.1) is 16.5 Å². The van der Waals surface area contributed by atoms with Gasteiger partial charge in [-0.3, -0.25) is 9.59 Å². The minimum absolute atomic E-state index is 0.0122. The summed E-state index contributed by atoms with van der Waals surface area (Å²) in [5.41, 5.74) is 0.176. The molecule has 1 aromatic carbocycles. The van der Waals surface area contributed by atoms with Crippen molar-refractivity contribution in [1.82, 2.24) is 19.4 Å². The third-order valence-corrected chi connectivity index (χ3v) is 7.24. The van der Waals surface area contributed by atoms with Gasteiger partial charge >= 0.3 is 0 Å². The van der Waals surface area contributed by atoms with Gasteiger partial charge in [-0.1, -0.05) is 26.0 Å². The second-order valence-corrected chi connectivity index (χ2v) is 11.4. The maximum Gasteiger partial charge on any atom is 0.257 e. The molecular weight excluding hydrogens is 468 g/mol. The van der Waals surface area contributed by atoms with Gasteiger partial charge in [0.2, 0.25) is 15.9 Å². The number of benzene rings is 1. The van der Waals surface area contributed by atoms with Crippen molar-refractivity contribution in [2.75, 3.05) is 53.9 Å². The summed E-state index contributed by atoms with van der Waals surface area (Å²) in [7, 11) is 1.71. The molecule has 1 atom stereocenters. The highest BCUT2D eigenvalue weighted by atomic mass is 32.2. The van der Waals surface area contributed by atoms with E-state index in [9.17, 15) is 18.0 Å². The summed E-state index contributed by atoms with van der Waals surface area (Å²) in [5, 5.41) is 0. The van der Waals surface area contributed by atoms with Crippen molar-refractivity contribution < 1.29 is 22.7 Å². The van der Waals surface area contributed by atoms with Crippen molar-refractivity contribution in [1.29, 1.82) is 0 Å². The number of sulfonamides is 1. The SMILES string of the molecule is CC(=O)N1C/C=C/CN(C)C(=O)c2cc(S(=O)(=O)NCCCN(C)C)ccc2OC[C@H]1CC(C)C. The summed E-state index contributed by atoms with van der Waals surface area (Å²) in [6.45, 7) is 7.71. The van der Waals surface area contributed by atoms with Crippen LogP contribution in [0.25, 0.3) is 0 Å². The lowest BCUT2D eigenvalue weighted by Gasteiger charge is -2.32. The minimum Gasteiger partial charge on any atom is -0.491 e. The standard InChI is InChI=1S/C25H40N4O5S/c1-19(2)16-21-18-34-24-11-10-22(35(32,33)26-12-9-13-27(4)5)17-23(24)25(31)28(6)14-7-8-15-29(21)20(3)30/h7-8,10-11,17,19,21,26H,9,12-16,18H2,1-6H3/b8-7+/t21-/m1/s1. The fourth-order valence-electron chi connectivity index (χ4n) is 3.91. The van der Waals surface area contributed by atoms with E-state index in [1.54, 1.807) is 18.9 Å². The van der Waals surface area contributed by atoms with Gasteiger partial charge in [-0.25, -0.2) is 13.1 Å². The number of nitrogens with one attached hydrogen (secondary N) is 1. The van der Waals surface area contributed by atoms with Crippen LogP contribution >= 0.6 is 0 Å². The first-order valence-electron chi connectivity index (χ1n) is 12.0. The van der Waals surface area contributed by atoms with Gasteiger partial charge in [0.1, 0.15) is 12.4 Å². The molecule has 10 heteroatoms. The van der Waals surface area contributed by atoms with Crippen molar-refractivity contribution in [3.8, 4) is 5.75 Å². The lowest BCUT2D eigenvalue weighted by Crippen LogP contribution is -2.44. The quantitative estimate of drug-likeness (QED) is 0.427. The Hall–Kier alpha value is -2.43. The molecule has 1 aliphatic rings. The van der Waals surface area contributed by atoms with E-state index in [0.29, 0.717) is 37.7 Å². The number of rotatable bonds is 8. The summed E-state index contributed by atoms with van der Waals surface area (Å²) >= 11 is 0. The predicted octanol–water partition coefficient (Wildman–Crippen LogP) is 2.20. The van der Waals surface area contributed by atoms with Gasteiger partial charge in [0.25, 0.3) is 5.91 Å². The van der Waals surface area contributed by atoms with E-state index in [0.717, 1.165) is 13.0 Å². The molecule has 1 aliphatic heterocycles. The maximum absolute atomic E-state index is 13.2. The summed E-state index contributed by atoms with van der Waals surface area (Å²) in [5.74, 6) is 0.252. The number of hydrogen-bond donors (Lipinski definition) is 1. The third kappa shape index (κ3) is 8.63. The van der Waals surface area contributed by atoms with Gasteiger partial charge < -0.3 is 19.4 Å².